The second-order valence-corrected chi connectivity index (χ2v) is 3.17. The van der Waals surface area contributed by atoms with Crippen LogP contribution in [-0.2, 0) is 16.9 Å². The minimum atomic E-state index is -2.61. The molecule has 0 atom stereocenters. The maximum absolute atomic E-state index is 8.67. The molecule has 3 N–H and O–H groups in total. The van der Waals surface area contributed by atoms with Crippen LogP contribution in [0.25, 0.3) is 0 Å². The molecule has 0 heterocycles. The van der Waals surface area contributed by atoms with Gasteiger partial charge in [-0.1, -0.05) is 24.3 Å². The lowest BCUT2D eigenvalue weighted by molar-refractivity contribution is 0.620. The first-order chi connectivity index (χ1) is 6.57. The number of benzene rings is 1. The van der Waals surface area contributed by atoms with Crippen molar-refractivity contribution in [3.63, 3.8) is 0 Å². The Morgan fingerprint density at radius 2 is 1.86 bits per heavy atom. The predicted molar refractivity (Wildman–Crippen MR) is 55.6 cm³/mol. The summed E-state index contributed by atoms with van der Waals surface area (Å²) in [6, 6.07) is 8.35. The molecule has 1 aromatic carbocycles. The lowest BCUT2D eigenvalue weighted by Crippen LogP contribution is -2.03. The fourth-order valence-electron chi connectivity index (χ4n) is 1.05. The maximum Gasteiger partial charge on any atom is 0.308 e. The molecule has 1 rings (SSSR count). The van der Waals surface area contributed by atoms with Gasteiger partial charge in [-0.15, -0.1) is 0 Å². The van der Waals surface area contributed by atoms with Crippen LogP contribution in [0.3, 0.4) is 0 Å². The number of nitrogens with two attached hydrogens (primary N) is 1. The minimum Gasteiger partial charge on any atom is -0.330 e. The predicted octanol–water partition coefficient (Wildman–Crippen LogP) is 1.12. The Balaban J connectivity index is 0.000000364. The zero-order chi connectivity index (χ0) is 11.0. The van der Waals surface area contributed by atoms with Gasteiger partial charge < -0.3 is 5.73 Å². The monoisotopic (exact) mass is 214 g/mol. The Labute approximate surface area is 85.3 Å². The highest BCUT2D eigenvalue weighted by Crippen LogP contribution is 2.05. The first-order valence-electron chi connectivity index (χ1n) is 4.13. The van der Waals surface area contributed by atoms with Gasteiger partial charge in [0.15, 0.2) is 0 Å². The van der Waals surface area contributed by atoms with Crippen molar-refractivity contribution in [3.8, 4) is 0 Å². The van der Waals surface area contributed by atoms with E-state index in [1.807, 2.05) is 0 Å². The van der Waals surface area contributed by atoms with Gasteiger partial charge >= 0.3 is 10.5 Å². The molecule has 0 aromatic heterocycles. The van der Waals surface area contributed by atoms with Crippen molar-refractivity contribution in [1.29, 1.82) is 4.78 Å². The summed E-state index contributed by atoms with van der Waals surface area (Å²) in [7, 11) is -2.61. The third-order valence-corrected chi connectivity index (χ3v) is 1.67. The SMILES string of the molecule is Cc1ccccc1CCN.N=S(=O)=O. The number of hydrogen-bond donors (Lipinski definition) is 2. The molecule has 5 heteroatoms. The third-order valence-electron chi connectivity index (χ3n) is 1.67. The van der Waals surface area contributed by atoms with Crippen molar-refractivity contribution in [1.82, 2.24) is 0 Å². The van der Waals surface area contributed by atoms with Crippen molar-refractivity contribution in [3.05, 3.63) is 35.4 Å². The Morgan fingerprint density at radius 1 is 1.36 bits per heavy atom. The van der Waals surface area contributed by atoms with Gasteiger partial charge in [0.2, 0.25) is 0 Å². The van der Waals surface area contributed by atoms with E-state index in [1.54, 1.807) is 0 Å². The van der Waals surface area contributed by atoms with E-state index < -0.39 is 10.5 Å². The van der Waals surface area contributed by atoms with Crippen LogP contribution in [0.5, 0.6) is 0 Å². The van der Waals surface area contributed by atoms with Crippen molar-refractivity contribution < 1.29 is 8.42 Å². The van der Waals surface area contributed by atoms with Gasteiger partial charge in [-0.2, -0.15) is 13.2 Å². The number of rotatable bonds is 2. The number of hydrogen-bond acceptors (Lipinski definition) is 4. The molecular formula is C9H14N2O2S. The topological polar surface area (TPSA) is 84.0 Å². The van der Waals surface area contributed by atoms with Crippen LogP contribution in [-0.4, -0.2) is 15.0 Å². The molecule has 78 valence electrons. The Bertz CT molecular complexity index is 366. The molecule has 0 aliphatic rings. The zero-order valence-corrected chi connectivity index (χ0v) is 8.84. The molecule has 0 aliphatic heterocycles. The van der Waals surface area contributed by atoms with E-state index in [0.29, 0.717) is 0 Å². The van der Waals surface area contributed by atoms with Gasteiger partial charge in [0, 0.05) is 0 Å². The van der Waals surface area contributed by atoms with Crippen LogP contribution in [0.1, 0.15) is 11.1 Å². The summed E-state index contributed by atoms with van der Waals surface area (Å²) >= 11 is 0. The largest absolute Gasteiger partial charge is 0.330 e. The quantitative estimate of drug-likeness (QED) is 0.773. The van der Waals surface area contributed by atoms with Gasteiger partial charge in [-0.25, -0.2) is 0 Å². The van der Waals surface area contributed by atoms with Crippen LogP contribution in [0.15, 0.2) is 24.3 Å². The molecule has 14 heavy (non-hydrogen) atoms. The average Bonchev–Trinajstić information content (AvgIpc) is 2.08. The van der Waals surface area contributed by atoms with Gasteiger partial charge in [-0.3, -0.25) is 0 Å². The van der Waals surface area contributed by atoms with Gasteiger partial charge in [0.1, 0.15) is 0 Å². The normalized spacial score (nSPS) is 8.71. The molecule has 0 fully saturated rings. The van der Waals surface area contributed by atoms with Gasteiger partial charge in [0.05, 0.1) is 0 Å². The fourth-order valence-corrected chi connectivity index (χ4v) is 1.05. The highest BCUT2D eigenvalue weighted by atomic mass is 32.2. The third kappa shape index (κ3) is 6.33. The Kier molecular flexibility index (Phi) is 6.61. The van der Waals surface area contributed by atoms with Crippen molar-refractivity contribution in [2.24, 2.45) is 5.73 Å². The van der Waals surface area contributed by atoms with Gasteiger partial charge in [0.25, 0.3) is 0 Å². The van der Waals surface area contributed by atoms with Crippen LogP contribution in [0.4, 0.5) is 0 Å². The maximum atomic E-state index is 8.67. The van der Waals surface area contributed by atoms with E-state index in [4.69, 9.17) is 18.9 Å². The summed E-state index contributed by atoms with van der Waals surface area (Å²) in [4.78, 5) is 0. The van der Waals surface area contributed by atoms with Gasteiger partial charge in [-0.05, 0) is 31.0 Å². The van der Waals surface area contributed by atoms with E-state index >= 15 is 0 Å². The lowest BCUT2D eigenvalue weighted by Gasteiger charge is -2.01. The number of aryl methyl sites for hydroxylation is 1. The molecule has 1 aromatic rings. The van der Waals surface area contributed by atoms with E-state index in [0.717, 1.165) is 13.0 Å². The first-order valence-corrected chi connectivity index (χ1v) is 5.20. The molecule has 0 saturated heterocycles. The summed E-state index contributed by atoms with van der Waals surface area (Å²) in [6.45, 7) is 2.86. The molecule has 0 spiro atoms. The second-order valence-electron chi connectivity index (χ2n) is 2.70. The van der Waals surface area contributed by atoms with Crippen LogP contribution in [0.2, 0.25) is 0 Å². The van der Waals surface area contributed by atoms with E-state index in [1.165, 1.54) is 11.1 Å². The molecule has 0 saturated carbocycles. The van der Waals surface area contributed by atoms with Crippen LogP contribution < -0.4 is 5.73 Å². The minimum absolute atomic E-state index is 0.741. The Hall–Kier alpha value is -1.20. The smallest absolute Gasteiger partial charge is 0.308 e. The average molecular weight is 214 g/mol. The summed E-state index contributed by atoms with van der Waals surface area (Å²) in [5, 5.41) is 0. The summed E-state index contributed by atoms with van der Waals surface area (Å²) in [5.74, 6) is 0. The van der Waals surface area contributed by atoms with E-state index in [9.17, 15) is 0 Å². The molecule has 0 aliphatic carbocycles. The molecule has 0 radical (unpaired) electrons. The van der Waals surface area contributed by atoms with Crippen molar-refractivity contribution in [2.75, 3.05) is 6.54 Å². The highest BCUT2D eigenvalue weighted by molar-refractivity contribution is 7.60. The summed E-state index contributed by atoms with van der Waals surface area (Å²) in [6.07, 6.45) is 0.993. The van der Waals surface area contributed by atoms with Crippen LogP contribution >= 0.6 is 0 Å². The fraction of sp³-hybridized carbons (Fsp3) is 0.333. The van der Waals surface area contributed by atoms with E-state index in [2.05, 4.69) is 31.2 Å². The van der Waals surface area contributed by atoms with Crippen molar-refractivity contribution in [2.45, 2.75) is 13.3 Å². The zero-order valence-electron chi connectivity index (χ0n) is 8.03. The molecule has 0 unspecified atom stereocenters. The highest BCUT2D eigenvalue weighted by Gasteiger charge is 1.92. The molecule has 4 nitrogen and oxygen atoms in total. The van der Waals surface area contributed by atoms with Crippen molar-refractivity contribution >= 4 is 10.5 Å². The summed E-state index contributed by atoms with van der Waals surface area (Å²) in [5.41, 5.74) is 8.14. The standard InChI is InChI=1S/C9H13N.HNO2S/c1-8-4-2-3-5-9(8)6-7-10;1-4(2)3/h2-5H,6-7,10H2,1H3;1H. The summed E-state index contributed by atoms with van der Waals surface area (Å²) < 4.78 is 22.8. The first kappa shape index (κ1) is 12.8. The van der Waals surface area contributed by atoms with E-state index in [-0.39, 0.29) is 0 Å². The lowest BCUT2D eigenvalue weighted by atomic mass is 10.1. The molecule has 0 bridgehead atoms. The van der Waals surface area contributed by atoms with Crippen LogP contribution in [0, 0.1) is 11.7 Å². The number of nitrogens with one attached hydrogen (secondary N) is 1. The molecular weight excluding hydrogens is 200 g/mol. The second kappa shape index (κ2) is 7.23. The Morgan fingerprint density at radius 3 is 2.29 bits per heavy atom. The molecule has 0 amide bonds.